The summed E-state index contributed by atoms with van der Waals surface area (Å²) in [6.07, 6.45) is 3.53. The lowest BCUT2D eigenvalue weighted by molar-refractivity contribution is -0.00322. The number of amides is 1. The van der Waals surface area contributed by atoms with E-state index in [2.05, 4.69) is 10.2 Å². The van der Waals surface area contributed by atoms with Gasteiger partial charge in [0.15, 0.2) is 0 Å². The van der Waals surface area contributed by atoms with Crippen molar-refractivity contribution in [3.8, 4) is 17.0 Å². The van der Waals surface area contributed by atoms with E-state index in [1.165, 1.54) is 0 Å². The van der Waals surface area contributed by atoms with Crippen LogP contribution >= 0.6 is 0 Å². The van der Waals surface area contributed by atoms with Crippen LogP contribution in [-0.4, -0.2) is 57.4 Å². The first-order chi connectivity index (χ1) is 15.2. The number of hydrogen-bond donors (Lipinski definition) is 1. The van der Waals surface area contributed by atoms with Crippen LogP contribution in [0, 0.1) is 0 Å². The van der Waals surface area contributed by atoms with Gasteiger partial charge in [0.1, 0.15) is 17.1 Å². The molecule has 8 nitrogen and oxygen atoms in total. The number of H-pyrrole nitrogens is 1. The van der Waals surface area contributed by atoms with Gasteiger partial charge in [-0.1, -0.05) is 12.1 Å². The fourth-order valence-electron chi connectivity index (χ4n) is 4.07. The van der Waals surface area contributed by atoms with Crippen LogP contribution in [0.4, 0.5) is 0 Å². The molecule has 31 heavy (non-hydrogen) atoms. The zero-order valence-electron chi connectivity index (χ0n) is 17.4. The number of carbonyl (C=O) groups is 1. The molecule has 0 saturated carbocycles. The second-order valence-electron chi connectivity index (χ2n) is 7.55. The van der Waals surface area contributed by atoms with Gasteiger partial charge in [-0.3, -0.25) is 9.89 Å². The van der Waals surface area contributed by atoms with Crippen molar-refractivity contribution in [1.29, 1.82) is 0 Å². The molecular weight excluding hydrogens is 394 g/mol. The Balaban J connectivity index is 1.51. The summed E-state index contributed by atoms with van der Waals surface area (Å²) in [7, 11) is 3.52. The molecule has 0 bridgehead atoms. The molecule has 8 heteroatoms. The minimum absolute atomic E-state index is 0.0403. The fourth-order valence-corrected chi connectivity index (χ4v) is 4.07. The summed E-state index contributed by atoms with van der Waals surface area (Å²) >= 11 is 0. The number of methoxy groups -OCH3 is 1. The van der Waals surface area contributed by atoms with Crippen molar-refractivity contribution in [3.05, 3.63) is 66.1 Å². The molecule has 1 fully saturated rings. The number of aromatic nitrogens is 4. The number of rotatable bonds is 4. The molecule has 1 unspecified atom stereocenters. The topological polar surface area (TPSA) is 85.3 Å². The lowest BCUT2D eigenvalue weighted by Gasteiger charge is -2.36. The first-order valence-electron chi connectivity index (χ1n) is 10.1. The first kappa shape index (κ1) is 19.3. The molecule has 0 radical (unpaired) electrons. The summed E-state index contributed by atoms with van der Waals surface area (Å²) in [4.78, 5) is 20.3. The highest BCUT2D eigenvalue weighted by Crippen LogP contribution is 2.30. The van der Waals surface area contributed by atoms with Crippen LogP contribution in [0.1, 0.15) is 22.1 Å². The monoisotopic (exact) mass is 417 g/mol. The van der Waals surface area contributed by atoms with Gasteiger partial charge in [0.25, 0.3) is 5.91 Å². The number of aromatic amines is 1. The molecule has 1 aliphatic heterocycles. The number of pyridine rings is 1. The normalized spacial score (nSPS) is 16.6. The Morgan fingerprint density at radius 3 is 2.97 bits per heavy atom. The standard InChI is InChI=1S/C23H23N5O3/c1-27-20(11-16-6-7-19(26-22(16)27)17-12-24-25-13-17)23(29)28-8-9-31-14-21(28)15-4-3-5-18(10-15)30-2/h3-7,10-13,21H,8-9,14H2,1-2H3,(H,24,25). The second-order valence-corrected chi connectivity index (χ2v) is 7.55. The van der Waals surface area contributed by atoms with Crippen LogP contribution in [0.5, 0.6) is 5.75 Å². The van der Waals surface area contributed by atoms with Crippen molar-refractivity contribution < 1.29 is 14.3 Å². The van der Waals surface area contributed by atoms with Crippen molar-refractivity contribution in [1.82, 2.24) is 24.6 Å². The van der Waals surface area contributed by atoms with Crippen LogP contribution in [0.3, 0.4) is 0 Å². The number of ether oxygens (including phenoxy) is 2. The summed E-state index contributed by atoms with van der Waals surface area (Å²) in [5, 5.41) is 7.72. The van der Waals surface area contributed by atoms with Gasteiger partial charge in [0.05, 0.1) is 38.3 Å². The highest BCUT2D eigenvalue weighted by molar-refractivity contribution is 5.98. The third-order valence-electron chi connectivity index (χ3n) is 5.76. The minimum atomic E-state index is -0.177. The van der Waals surface area contributed by atoms with Crippen LogP contribution in [-0.2, 0) is 11.8 Å². The van der Waals surface area contributed by atoms with Gasteiger partial charge < -0.3 is 18.9 Å². The average molecular weight is 417 g/mol. The molecule has 0 aliphatic carbocycles. The maximum Gasteiger partial charge on any atom is 0.271 e. The molecule has 4 heterocycles. The maximum atomic E-state index is 13.6. The summed E-state index contributed by atoms with van der Waals surface area (Å²) in [6, 6.07) is 13.4. The SMILES string of the molecule is COc1cccc(C2COCCN2C(=O)c2cc3ccc(-c4cn[nH]c4)nc3n2C)c1. The van der Waals surface area contributed by atoms with Gasteiger partial charge >= 0.3 is 0 Å². The minimum Gasteiger partial charge on any atom is -0.497 e. The van der Waals surface area contributed by atoms with Gasteiger partial charge in [0, 0.05) is 30.7 Å². The fraction of sp³-hybridized carbons (Fsp3) is 0.261. The van der Waals surface area contributed by atoms with Crippen molar-refractivity contribution >= 4 is 16.9 Å². The Kier molecular flexibility index (Phi) is 4.91. The lowest BCUT2D eigenvalue weighted by atomic mass is 10.0. The number of hydrogen-bond acceptors (Lipinski definition) is 5. The Morgan fingerprint density at radius 1 is 1.26 bits per heavy atom. The van der Waals surface area contributed by atoms with Crippen molar-refractivity contribution in [3.63, 3.8) is 0 Å². The molecular formula is C23H23N5O3. The number of nitrogens with zero attached hydrogens (tertiary/aromatic N) is 4. The van der Waals surface area contributed by atoms with Crippen molar-refractivity contribution in [2.45, 2.75) is 6.04 Å². The van der Waals surface area contributed by atoms with E-state index in [1.807, 2.05) is 59.0 Å². The van der Waals surface area contributed by atoms with Gasteiger partial charge in [-0.2, -0.15) is 5.10 Å². The van der Waals surface area contributed by atoms with E-state index in [4.69, 9.17) is 14.5 Å². The number of fused-ring (bicyclic) bond motifs is 1. The maximum absolute atomic E-state index is 13.6. The molecule has 3 aromatic heterocycles. The Morgan fingerprint density at radius 2 is 2.16 bits per heavy atom. The van der Waals surface area contributed by atoms with E-state index in [-0.39, 0.29) is 11.9 Å². The van der Waals surface area contributed by atoms with E-state index in [9.17, 15) is 4.79 Å². The summed E-state index contributed by atoms with van der Waals surface area (Å²) in [5.41, 5.74) is 4.06. The number of carbonyl (C=O) groups excluding carboxylic acids is 1. The van der Waals surface area contributed by atoms with Crippen molar-refractivity contribution in [2.75, 3.05) is 26.9 Å². The summed E-state index contributed by atoms with van der Waals surface area (Å²) in [6.45, 7) is 1.49. The summed E-state index contributed by atoms with van der Waals surface area (Å²) in [5.74, 6) is 0.720. The average Bonchev–Trinajstić information content (AvgIpc) is 3.47. The first-order valence-corrected chi connectivity index (χ1v) is 10.1. The molecule has 4 aromatic rings. The van der Waals surface area contributed by atoms with Gasteiger partial charge in [-0.15, -0.1) is 0 Å². The van der Waals surface area contributed by atoms with Crippen LogP contribution in [0.15, 0.2) is 54.9 Å². The smallest absolute Gasteiger partial charge is 0.271 e. The number of nitrogens with one attached hydrogen (secondary N) is 1. The predicted molar refractivity (Wildman–Crippen MR) is 116 cm³/mol. The third-order valence-corrected chi connectivity index (χ3v) is 5.76. The molecule has 0 spiro atoms. The number of aryl methyl sites for hydroxylation is 1. The van der Waals surface area contributed by atoms with Crippen LogP contribution in [0.2, 0.25) is 0 Å². The lowest BCUT2D eigenvalue weighted by Crippen LogP contribution is -2.44. The largest absolute Gasteiger partial charge is 0.497 e. The summed E-state index contributed by atoms with van der Waals surface area (Å²) < 4.78 is 12.9. The second kappa shape index (κ2) is 7.88. The molecule has 1 aliphatic rings. The number of benzene rings is 1. The molecule has 1 N–H and O–H groups in total. The van der Waals surface area contributed by atoms with Gasteiger partial charge in [0.2, 0.25) is 0 Å². The third kappa shape index (κ3) is 3.44. The highest BCUT2D eigenvalue weighted by Gasteiger charge is 2.31. The van der Waals surface area contributed by atoms with E-state index >= 15 is 0 Å². The molecule has 1 aromatic carbocycles. The van der Waals surface area contributed by atoms with E-state index in [0.29, 0.717) is 25.5 Å². The van der Waals surface area contributed by atoms with E-state index < -0.39 is 0 Å². The highest BCUT2D eigenvalue weighted by atomic mass is 16.5. The molecule has 5 rings (SSSR count). The predicted octanol–water partition coefficient (Wildman–Crippen LogP) is 3.19. The molecule has 1 atom stereocenters. The Labute approximate surface area is 179 Å². The Bertz CT molecular complexity index is 1230. The quantitative estimate of drug-likeness (QED) is 0.551. The zero-order chi connectivity index (χ0) is 21.4. The molecule has 1 saturated heterocycles. The van der Waals surface area contributed by atoms with Crippen LogP contribution < -0.4 is 4.74 Å². The van der Waals surface area contributed by atoms with Gasteiger partial charge in [-0.05, 0) is 35.9 Å². The van der Waals surface area contributed by atoms with Crippen molar-refractivity contribution in [2.24, 2.45) is 7.05 Å². The molecule has 1 amide bonds. The zero-order valence-corrected chi connectivity index (χ0v) is 17.4. The number of morpholine rings is 1. The van der Waals surface area contributed by atoms with E-state index in [0.717, 1.165) is 33.6 Å². The van der Waals surface area contributed by atoms with Gasteiger partial charge in [-0.25, -0.2) is 4.98 Å². The Hall–Kier alpha value is -3.65. The van der Waals surface area contributed by atoms with E-state index in [1.54, 1.807) is 19.5 Å². The van der Waals surface area contributed by atoms with Crippen LogP contribution in [0.25, 0.3) is 22.3 Å². The molecule has 158 valence electrons.